The fourth-order valence-electron chi connectivity index (χ4n) is 1.87. The van der Waals surface area contributed by atoms with Crippen LogP contribution in [0, 0.1) is 0 Å². The molecule has 1 aromatic rings. The number of rotatable bonds is 8. The molecule has 0 spiro atoms. The van der Waals surface area contributed by atoms with E-state index in [9.17, 15) is 9.59 Å². The number of Topliss-reactive ketones (excluding diaryl/α,β-unsaturated/α-hetero) is 1. The lowest BCUT2D eigenvalue weighted by molar-refractivity contribution is -0.141. The van der Waals surface area contributed by atoms with Crippen LogP contribution in [0.25, 0.3) is 0 Å². The van der Waals surface area contributed by atoms with Gasteiger partial charge in [0.15, 0.2) is 0 Å². The van der Waals surface area contributed by atoms with Crippen LogP contribution in [-0.4, -0.2) is 26.0 Å². The van der Waals surface area contributed by atoms with Gasteiger partial charge in [-0.05, 0) is 18.1 Å². The maximum absolute atomic E-state index is 11.8. The van der Waals surface area contributed by atoms with Crippen molar-refractivity contribution >= 4 is 11.8 Å². The minimum atomic E-state index is -0.369. The van der Waals surface area contributed by atoms with Gasteiger partial charge >= 0.3 is 5.97 Å². The molecule has 0 N–H and O–H groups in total. The lowest BCUT2D eigenvalue weighted by Crippen LogP contribution is -2.08. The van der Waals surface area contributed by atoms with E-state index >= 15 is 0 Å². The Kier molecular flexibility index (Phi) is 6.50. The van der Waals surface area contributed by atoms with Crippen LogP contribution in [0.3, 0.4) is 0 Å². The van der Waals surface area contributed by atoms with Crippen molar-refractivity contribution in [1.29, 1.82) is 0 Å². The number of methoxy groups -OCH3 is 2. The summed E-state index contributed by atoms with van der Waals surface area (Å²) in [5.74, 6) is 0.313. The van der Waals surface area contributed by atoms with Crippen LogP contribution in [0.1, 0.15) is 24.0 Å². The van der Waals surface area contributed by atoms with Gasteiger partial charge in [-0.25, -0.2) is 0 Å². The van der Waals surface area contributed by atoms with Crippen molar-refractivity contribution in [2.45, 2.75) is 25.7 Å². The molecule has 0 aromatic heterocycles. The Morgan fingerprint density at radius 3 is 2.60 bits per heavy atom. The van der Waals surface area contributed by atoms with Crippen LogP contribution < -0.4 is 4.74 Å². The second-order valence-electron chi connectivity index (χ2n) is 4.43. The number of carbonyl (C=O) groups excluding carboxylic acids is 2. The first-order chi connectivity index (χ1) is 9.60. The quantitative estimate of drug-likeness (QED) is 0.540. The first-order valence-corrected chi connectivity index (χ1v) is 6.46. The number of hydrogen-bond donors (Lipinski definition) is 0. The van der Waals surface area contributed by atoms with Gasteiger partial charge < -0.3 is 9.47 Å². The summed E-state index contributed by atoms with van der Waals surface area (Å²) >= 11 is 0. The summed E-state index contributed by atoms with van der Waals surface area (Å²) in [5, 5.41) is 0. The molecular weight excluding hydrogens is 256 g/mol. The maximum atomic E-state index is 11.8. The van der Waals surface area contributed by atoms with E-state index in [4.69, 9.17) is 4.74 Å². The Morgan fingerprint density at radius 2 is 2.00 bits per heavy atom. The van der Waals surface area contributed by atoms with Crippen LogP contribution in [0.4, 0.5) is 0 Å². The van der Waals surface area contributed by atoms with Crippen LogP contribution in [0.5, 0.6) is 5.75 Å². The van der Waals surface area contributed by atoms with Gasteiger partial charge in [-0.3, -0.25) is 9.59 Å². The zero-order valence-electron chi connectivity index (χ0n) is 12.0. The maximum Gasteiger partial charge on any atom is 0.305 e. The molecule has 0 bridgehead atoms. The van der Waals surface area contributed by atoms with E-state index in [0.717, 1.165) is 17.5 Å². The zero-order chi connectivity index (χ0) is 15.0. The van der Waals surface area contributed by atoms with Crippen LogP contribution in [0.2, 0.25) is 0 Å². The molecule has 1 aromatic carbocycles. The average Bonchev–Trinajstić information content (AvgIpc) is 2.46. The smallest absolute Gasteiger partial charge is 0.305 e. The third kappa shape index (κ3) is 4.88. The summed E-state index contributed by atoms with van der Waals surface area (Å²) in [4.78, 5) is 22.8. The molecule has 0 aliphatic rings. The van der Waals surface area contributed by atoms with E-state index in [0.29, 0.717) is 5.75 Å². The van der Waals surface area contributed by atoms with Gasteiger partial charge in [0.05, 0.1) is 20.6 Å². The molecule has 20 heavy (non-hydrogen) atoms. The molecule has 4 nitrogen and oxygen atoms in total. The molecule has 108 valence electrons. The van der Waals surface area contributed by atoms with Gasteiger partial charge in [0.1, 0.15) is 11.5 Å². The highest BCUT2D eigenvalue weighted by Crippen LogP contribution is 2.22. The highest BCUT2D eigenvalue weighted by atomic mass is 16.5. The topological polar surface area (TPSA) is 52.6 Å². The molecule has 4 heteroatoms. The second-order valence-corrected chi connectivity index (χ2v) is 4.43. The van der Waals surface area contributed by atoms with Gasteiger partial charge in [-0.1, -0.05) is 18.2 Å². The molecular formula is C16H20O4. The molecule has 0 unspecified atom stereocenters. The van der Waals surface area contributed by atoms with Gasteiger partial charge in [0, 0.05) is 18.4 Å². The zero-order valence-corrected chi connectivity index (χ0v) is 12.0. The normalized spacial score (nSPS) is 9.90. The van der Waals surface area contributed by atoms with Crippen molar-refractivity contribution in [1.82, 2.24) is 0 Å². The van der Waals surface area contributed by atoms with Gasteiger partial charge in [-0.15, -0.1) is 6.58 Å². The molecule has 0 heterocycles. The Labute approximate surface area is 119 Å². The molecule has 0 aliphatic carbocycles. The summed E-state index contributed by atoms with van der Waals surface area (Å²) in [5.41, 5.74) is 1.91. The fraction of sp³-hybridized carbons (Fsp3) is 0.375. The number of esters is 1. The summed E-state index contributed by atoms with van der Waals surface area (Å²) in [6, 6.07) is 5.74. The molecule has 0 saturated heterocycles. The van der Waals surface area contributed by atoms with Gasteiger partial charge in [0.25, 0.3) is 0 Å². The lowest BCUT2D eigenvalue weighted by Gasteiger charge is -2.09. The highest BCUT2D eigenvalue weighted by molar-refractivity contribution is 5.85. The van der Waals surface area contributed by atoms with E-state index in [-0.39, 0.29) is 31.0 Å². The minimum absolute atomic E-state index is 0.00910. The van der Waals surface area contributed by atoms with E-state index in [2.05, 4.69) is 11.3 Å². The van der Waals surface area contributed by atoms with Crippen molar-refractivity contribution in [3.8, 4) is 5.75 Å². The van der Waals surface area contributed by atoms with E-state index < -0.39 is 0 Å². The molecule has 0 amide bonds. The van der Waals surface area contributed by atoms with E-state index in [1.54, 1.807) is 7.11 Å². The van der Waals surface area contributed by atoms with Crippen molar-refractivity contribution in [3.05, 3.63) is 42.0 Å². The number of hydrogen-bond acceptors (Lipinski definition) is 4. The number of allylic oxidation sites excluding steroid dienone is 1. The highest BCUT2D eigenvalue weighted by Gasteiger charge is 2.11. The predicted octanol–water partition coefficient (Wildman–Crippen LogP) is 2.49. The molecule has 0 atom stereocenters. The monoisotopic (exact) mass is 276 g/mol. The van der Waals surface area contributed by atoms with Crippen LogP contribution in [-0.2, 0) is 27.2 Å². The number of carbonyl (C=O) groups is 2. The first kappa shape index (κ1) is 16.0. The summed E-state index contributed by atoms with van der Waals surface area (Å²) in [7, 11) is 2.89. The molecule has 0 radical (unpaired) electrons. The SMILES string of the molecule is C=CCc1ccc(CC(=O)CCC(=O)OC)c(OC)c1. The number of ketones is 1. The fourth-order valence-corrected chi connectivity index (χ4v) is 1.87. The summed E-state index contributed by atoms with van der Waals surface area (Å²) in [6.45, 7) is 3.69. The Balaban J connectivity index is 2.69. The van der Waals surface area contributed by atoms with Crippen molar-refractivity contribution < 1.29 is 19.1 Å². The summed E-state index contributed by atoms with van der Waals surface area (Å²) in [6.07, 6.45) is 3.13. The molecule has 0 aliphatic heterocycles. The Morgan fingerprint density at radius 1 is 1.25 bits per heavy atom. The Bertz CT molecular complexity index is 491. The molecule has 1 rings (SSSR count). The molecule has 0 fully saturated rings. The van der Waals surface area contributed by atoms with Crippen LogP contribution in [0.15, 0.2) is 30.9 Å². The van der Waals surface area contributed by atoms with E-state index in [1.165, 1.54) is 7.11 Å². The van der Waals surface area contributed by atoms with Crippen molar-refractivity contribution in [3.63, 3.8) is 0 Å². The lowest BCUT2D eigenvalue weighted by atomic mass is 10.0. The first-order valence-electron chi connectivity index (χ1n) is 6.46. The van der Waals surface area contributed by atoms with E-state index in [1.807, 2.05) is 24.3 Å². The third-order valence-electron chi connectivity index (χ3n) is 2.95. The van der Waals surface area contributed by atoms with Crippen molar-refractivity contribution in [2.24, 2.45) is 0 Å². The third-order valence-corrected chi connectivity index (χ3v) is 2.95. The second kappa shape index (κ2) is 8.15. The van der Waals surface area contributed by atoms with Gasteiger partial charge in [-0.2, -0.15) is 0 Å². The predicted molar refractivity (Wildman–Crippen MR) is 76.9 cm³/mol. The largest absolute Gasteiger partial charge is 0.496 e. The van der Waals surface area contributed by atoms with Gasteiger partial charge in [0.2, 0.25) is 0 Å². The number of ether oxygens (including phenoxy) is 2. The van der Waals surface area contributed by atoms with Crippen molar-refractivity contribution in [2.75, 3.05) is 14.2 Å². The molecule has 0 saturated carbocycles. The summed E-state index contributed by atoms with van der Waals surface area (Å²) < 4.78 is 9.81. The number of benzene rings is 1. The average molecular weight is 276 g/mol. The van der Waals surface area contributed by atoms with Crippen LogP contribution >= 0.6 is 0 Å². The minimum Gasteiger partial charge on any atom is -0.496 e. The Hall–Kier alpha value is -2.10. The standard InChI is InChI=1S/C16H20O4/c1-4-5-12-6-7-13(15(10-12)19-2)11-14(17)8-9-16(18)20-3/h4,6-7,10H,1,5,8-9,11H2,2-3H3.